The van der Waals surface area contributed by atoms with Crippen molar-refractivity contribution in [3.8, 4) is 0 Å². The fourth-order valence-electron chi connectivity index (χ4n) is 0.571. The van der Waals surface area contributed by atoms with Crippen molar-refractivity contribution in [2.45, 2.75) is 13.0 Å². The Kier molecular flexibility index (Phi) is 4.30. The van der Waals surface area contributed by atoms with Crippen LogP contribution in [0.15, 0.2) is 0 Å². The molecule has 0 heterocycles. The molecule has 0 aromatic heterocycles. The molecule has 0 saturated heterocycles. The molecule has 0 aliphatic rings. The van der Waals surface area contributed by atoms with E-state index in [1.807, 2.05) is 4.72 Å². The summed E-state index contributed by atoms with van der Waals surface area (Å²) in [5.41, 5.74) is 0. The van der Waals surface area contributed by atoms with E-state index in [4.69, 9.17) is 5.11 Å². The fraction of sp³-hybridized carbons (Fsp3) is 1.00. The number of hydrogen-bond donors (Lipinski definition) is 2. The number of rotatable bonds is 5. The molecule has 2 N–H and O–H groups in total. The Morgan fingerprint density at radius 2 is 1.77 bits per heavy atom. The first-order chi connectivity index (χ1) is 5.62. The minimum absolute atomic E-state index is 0.183. The number of hydrogen-bond acceptors (Lipinski definition) is 5. The minimum Gasteiger partial charge on any atom is -0.392 e. The van der Waals surface area contributed by atoms with E-state index in [9.17, 15) is 16.8 Å². The van der Waals surface area contributed by atoms with Crippen molar-refractivity contribution in [1.29, 1.82) is 0 Å². The Bertz CT molecular complexity index is 341. The lowest BCUT2D eigenvalue weighted by atomic mass is 10.4. The number of sulfonamides is 1. The lowest BCUT2D eigenvalue weighted by Gasteiger charge is -2.06. The maximum Gasteiger partial charge on any atom is 0.226 e. The molecule has 8 heteroatoms. The lowest BCUT2D eigenvalue weighted by Crippen LogP contribution is -2.34. The van der Waals surface area contributed by atoms with Crippen LogP contribution in [0.5, 0.6) is 0 Å². The standard InChI is InChI=1S/C5H13NO5S2/c1-5(7)3-6-13(10,11)4-12(2,8)9/h5-7H,3-4H2,1-2H3/t5-/m0/s1. The van der Waals surface area contributed by atoms with E-state index in [0.717, 1.165) is 6.26 Å². The van der Waals surface area contributed by atoms with Crippen LogP contribution in [0.1, 0.15) is 6.92 Å². The summed E-state index contributed by atoms with van der Waals surface area (Å²) < 4.78 is 45.1. The van der Waals surface area contributed by atoms with Gasteiger partial charge in [-0.25, -0.2) is 21.6 Å². The average Bonchev–Trinajstić information content (AvgIpc) is 1.78. The van der Waals surface area contributed by atoms with Crippen LogP contribution in [0.25, 0.3) is 0 Å². The molecule has 0 aromatic carbocycles. The van der Waals surface area contributed by atoms with Crippen molar-refractivity contribution >= 4 is 19.9 Å². The molecule has 6 nitrogen and oxygen atoms in total. The number of aliphatic hydroxyl groups excluding tert-OH is 1. The zero-order chi connectivity index (χ0) is 10.7. The van der Waals surface area contributed by atoms with Crippen LogP contribution in [0.3, 0.4) is 0 Å². The van der Waals surface area contributed by atoms with Gasteiger partial charge in [-0.15, -0.1) is 0 Å². The average molecular weight is 231 g/mol. The molecule has 0 radical (unpaired) electrons. The molecule has 0 bridgehead atoms. The summed E-state index contributed by atoms with van der Waals surface area (Å²) >= 11 is 0. The summed E-state index contributed by atoms with van der Waals surface area (Å²) in [6.45, 7) is 1.21. The maximum absolute atomic E-state index is 10.9. The zero-order valence-corrected chi connectivity index (χ0v) is 9.02. The Morgan fingerprint density at radius 1 is 1.31 bits per heavy atom. The van der Waals surface area contributed by atoms with Crippen molar-refractivity contribution in [3.63, 3.8) is 0 Å². The van der Waals surface area contributed by atoms with Crippen LogP contribution in [0.2, 0.25) is 0 Å². The topological polar surface area (TPSA) is 101 Å². The molecule has 1 atom stereocenters. The van der Waals surface area contributed by atoms with Crippen LogP contribution in [-0.4, -0.2) is 45.9 Å². The highest BCUT2D eigenvalue weighted by atomic mass is 32.3. The second-order valence-corrected chi connectivity index (χ2v) is 7.17. The van der Waals surface area contributed by atoms with Crippen molar-refractivity contribution < 1.29 is 21.9 Å². The zero-order valence-electron chi connectivity index (χ0n) is 7.39. The van der Waals surface area contributed by atoms with Gasteiger partial charge in [0, 0.05) is 12.8 Å². The molecular formula is C5H13NO5S2. The van der Waals surface area contributed by atoms with Crippen LogP contribution in [0.4, 0.5) is 0 Å². The molecule has 0 aliphatic carbocycles. The third kappa shape index (κ3) is 8.16. The molecule has 0 amide bonds. The van der Waals surface area contributed by atoms with Crippen molar-refractivity contribution in [1.82, 2.24) is 4.72 Å². The predicted molar refractivity (Wildman–Crippen MR) is 48.3 cm³/mol. The van der Waals surface area contributed by atoms with Crippen molar-refractivity contribution in [3.05, 3.63) is 0 Å². The van der Waals surface area contributed by atoms with Gasteiger partial charge in [0.25, 0.3) is 0 Å². The number of aliphatic hydroxyl groups is 1. The van der Waals surface area contributed by atoms with Gasteiger partial charge in [-0.3, -0.25) is 0 Å². The monoisotopic (exact) mass is 231 g/mol. The van der Waals surface area contributed by atoms with Gasteiger partial charge in [0.15, 0.2) is 14.9 Å². The number of nitrogens with one attached hydrogen (secondary N) is 1. The molecule has 13 heavy (non-hydrogen) atoms. The van der Waals surface area contributed by atoms with Gasteiger partial charge < -0.3 is 5.11 Å². The number of sulfone groups is 1. The van der Waals surface area contributed by atoms with Gasteiger partial charge in [0.05, 0.1) is 6.10 Å². The first-order valence-electron chi connectivity index (χ1n) is 3.45. The molecule has 80 valence electrons. The molecule has 0 fully saturated rings. The van der Waals surface area contributed by atoms with Crippen molar-refractivity contribution in [2.24, 2.45) is 0 Å². The third-order valence-corrected chi connectivity index (χ3v) is 4.53. The summed E-state index contributed by atoms with van der Waals surface area (Å²) in [5.74, 6) is 0. The van der Waals surface area contributed by atoms with Gasteiger partial charge in [-0.2, -0.15) is 0 Å². The van der Waals surface area contributed by atoms with E-state index in [1.165, 1.54) is 6.92 Å². The minimum atomic E-state index is -3.83. The van der Waals surface area contributed by atoms with Gasteiger partial charge in [-0.1, -0.05) is 0 Å². The van der Waals surface area contributed by atoms with Gasteiger partial charge in [0.2, 0.25) is 10.0 Å². The van der Waals surface area contributed by atoms with Crippen LogP contribution < -0.4 is 4.72 Å². The molecule has 0 spiro atoms. The smallest absolute Gasteiger partial charge is 0.226 e. The van der Waals surface area contributed by atoms with Crippen LogP contribution in [-0.2, 0) is 19.9 Å². The predicted octanol–water partition coefficient (Wildman–Crippen LogP) is -1.71. The summed E-state index contributed by atoms with van der Waals surface area (Å²) in [6, 6.07) is 0. The maximum atomic E-state index is 10.9. The summed E-state index contributed by atoms with van der Waals surface area (Å²) in [6.07, 6.45) is -0.0106. The second kappa shape index (κ2) is 4.36. The molecule has 0 aliphatic heterocycles. The molecule has 0 rings (SSSR count). The van der Waals surface area contributed by atoms with Gasteiger partial charge in [0.1, 0.15) is 0 Å². The van der Waals surface area contributed by atoms with Crippen LogP contribution in [0, 0.1) is 0 Å². The van der Waals surface area contributed by atoms with Gasteiger partial charge >= 0.3 is 0 Å². The first kappa shape index (κ1) is 12.8. The normalized spacial score (nSPS) is 15.6. The van der Waals surface area contributed by atoms with E-state index < -0.39 is 31.0 Å². The summed E-state index contributed by atoms with van der Waals surface area (Å²) in [5, 5.41) is 7.79. The molecule has 0 unspecified atom stereocenters. The Labute approximate surface area is 77.9 Å². The molecule has 0 saturated carbocycles. The molecule has 0 aromatic rings. The Balaban J connectivity index is 4.28. The van der Waals surface area contributed by atoms with E-state index in [0.29, 0.717) is 0 Å². The SMILES string of the molecule is C[C@H](O)CNS(=O)(=O)CS(C)(=O)=O. The largest absolute Gasteiger partial charge is 0.392 e. The molecular weight excluding hydrogens is 218 g/mol. The van der Waals surface area contributed by atoms with Crippen molar-refractivity contribution in [2.75, 3.05) is 17.9 Å². The first-order valence-corrected chi connectivity index (χ1v) is 7.17. The highest BCUT2D eigenvalue weighted by Crippen LogP contribution is 1.92. The Hall–Kier alpha value is -0.180. The summed E-state index contributed by atoms with van der Waals surface area (Å²) in [7, 11) is -7.39. The van der Waals surface area contributed by atoms with E-state index >= 15 is 0 Å². The highest BCUT2D eigenvalue weighted by Gasteiger charge is 2.17. The van der Waals surface area contributed by atoms with E-state index in [1.54, 1.807) is 0 Å². The van der Waals surface area contributed by atoms with E-state index in [2.05, 4.69) is 0 Å². The fourth-order valence-corrected chi connectivity index (χ4v) is 3.65. The van der Waals surface area contributed by atoms with Gasteiger partial charge in [-0.05, 0) is 6.92 Å². The lowest BCUT2D eigenvalue weighted by molar-refractivity contribution is 0.198. The summed E-state index contributed by atoms with van der Waals surface area (Å²) in [4.78, 5) is 0. The van der Waals surface area contributed by atoms with Crippen LogP contribution >= 0.6 is 0 Å². The highest BCUT2D eigenvalue weighted by molar-refractivity contribution is 8.06. The quantitative estimate of drug-likeness (QED) is 0.586. The third-order valence-electron chi connectivity index (χ3n) is 0.968. The Morgan fingerprint density at radius 3 is 2.08 bits per heavy atom. The second-order valence-electron chi connectivity index (χ2n) is 2.86. The van der Waals surface area contributed by atoms with E-state index in [-0.39, 0.29) is 6.54 Å².